The molecule has 4 N–H and O–H groups in total. The van der Waals surface area contributed by atoms with E-state index in [0.29, 0.717) is 10.6 Å². The predicted molar refractivity (Wildman–Crippen MR) is 85.2 cm³/mol. The third-order valence-corrected chi connectivity index (χ3v) is 4.77. The Labute approximate surface area is 138 Å². The summed E-state index contributed by atoms with van der Waals surface area (Å²) in [5, 5.41) is 40.3. The third kappa shape index (κ3) is 2.87. The molecule has 0 bridgehead atoms. The quantitative estimate of drug-likeness (QED) is 0.664. The molecule has 3 rings (SSSR count). The highest BCUT2D eigenvalue weighted by molar-refractivity contribution is 6.35. The van der Waals surface area contributed by atoms with Crippen LogP contribution >= 0.6 is 11.6 Å². The number of hydrogen-bond acceptors (Lipinski definition) is 5. The van der Waals surface area contributed by atoms with Gasteiger partial charge in [-0.3, -0.25) is 0 Å². The first kappa shape index (κ1) is 16.7. The van der Waals surface area contributed by atoms with Crippen LogP contribution in [0.2, 0.25) is 5.02 Å². The Morgan fingerprint density at radius 1 is 1.30 bits per heavy atom. The lowest BCUT2D eigenvalue weighted by atomic mass is 9.91. The highest BCUT2D eigenvalue weighted by atomic mass is 35.5. The van der Waals surface area contributed by atoms with Gasteiger partial charge in [-0.05, 0) is 23.3 Å². The van der Waals surface area contributed by atoms with Gasteiger partial charge in [0.1, 0.15) is 12.2 Å². The number of benzene rings is 1. The van der Waals surface area contributed by atoms with E-state index >= 15 is 0 Å². The molecule has 126 valence electrons. The lowest BCUT2D eigenvalue weighted by Gasteiger charge is -2.37. The maximum absolute atomic E-state index is 10.0. The number of rotatable bonds is 3. The van der Waals surface area contributed by atoms with E-state index in [9.17, 15) is 20.4 Å². The first-order valence-corrected chi connectivity index (χ1v) is 7.84. The van der Waals surface area contributed by atoms with E-state index in [0.717, 1.165) is 16.5 Å². The van der Waals surface area contributed by atoms with Gasteiger partial charge in [0.15, 0.2) is 0 Å². The first-order chi connectivity index (χ1) is 11.0. The van der Waals surface area contributed by atoms with Crippen LogP contribution in [0.4, 0.5) is 0 Å². The topological polar surface area (TPSA) is 95.1 Å². The van der Waals surface area contributed by atoms with Gasteiger partial charge in [-0.1, -0.05) is 11.6 Å². The molecule has 3 unspecified atom stereocenters. The minimum absolute atomic E-state index is 0.189. The zero-order valence-electron chi connectivity index (χ0n) is 12.7. The minimum Gasteiger partial charge on any atom is -0.394 e. The van der Waals surface area contributed by atoms with E-state index < -0.39 is 24.4 Å². The molecule has 0 saturated carbocycles. The zero-order valence-corrected chi connectivity index (χ0v) is 13.4. The monoisotopic (exact) mass is 341 g/mol. The molecule has 1 fully saturated rings. The number of aliphatic hydroxyl groups excluding tert-OH is 4. The second-order valence-corrected chi connectivity index (χ2v) is 6.36. The van der Waals surface area contributed by atoms with Crippen LogP contribution in [0.3, 0.4) is 0 Å². The minimum atomic E-state index is -1.12. The summed E-state index contributed by atoms with van der Waals surface area (Å²) < 4.78 is 7.60. The van der Waals surface area contributed by atoms with E-state index in [2.05, 4.69) is 0 Å². The predicted octanol–water partition coefficient (Wildman–Crippen LogP) is 0.868. The second kappa shape index (κ2) is 6.39. The summed E-state index contributed by atoms with van der Waals surface area (Å²) in [5.74, 6) is 0. The van der Waals surface area contributed by atoms with Crippen molar-refractivity contribution in [3.05, 3.63) is 34.5 Å². The Morgan fingerprint density at radius 3 is 2.70 bits per heavy atom. The fourth-order valence-corrected chi connectivity index (χ4v) is 3.48. The van der Waals surface area contributed by atoms with Crippen molar-refractivity contribution in [3.8, 4) is 0 Å². The number of hydrogen-bond donors (Lipinski definition) is 4. The molecule has 7 heteroatoms. The molecule has 0 aliphatic carbocycles. The lowest BCUT2D eigenvalue weighted by Crippen LogP contribution is -2.47. The van der Waals surface area contributed by atoms with Crippen molar-refractivity contribution in [3.63, 3.8) is 0 Å². The van der Waals surface area contributed by atoms with Crippen molar-refractivity contribution < 1.29 is 25.2 Å². The van der Waals surface area contributed by atoms with Gasteiger partial charge >= 0.3 is 0 Å². The molecule has 0 amide bonds. The first-order valence-electron chi connectivity index (χ1n) is 7.47. The van der Waals surface area contributed by atoms with Crippen molar-refractivity contribution in [1.29, 1.82) is 0 Å². The summed E-state index contributed by atoms with van der Waals surface area (Å²) in [5.41, 5.74) is 2.25. The number of fused-ring (bicyclic) bond motifs is 1. The molecule has 1 aromatic heterocycles. The maximum atomic E-state index is 10.0. The van der Waals surface area contributed by atoms with E-state index in [4.69, 9.17) is 16.3 Å². The number of aromatic nitrogens is 1. The highest BCUT2D eigenvalue weighted by Gasteiger charge is 2.37. The Bertz CT molecular complexity index is 716. The van der Waals surface area contributed by atoms with E-state index in [1.165, 1.54) is 0 Å². The second-order valence-electron chi connectivity index (χ2n) is 5.95. The van der Waals surface area contributed by atoms with Gasteiger partial charge in [-0.25, -0.2) is 0 Å². The van der Waals surface area contributed by atoms with E-state index in [1.54, 1.807) is 6.20 Å². The van der Waals surface area contributed by atoms with Gasteiger partial charge in [0.2, 0.25) is 0 Å². The summed E-state index contributed by atoms with van der Waals surface area (Å²) in [6.07, 6.45) is -1.52. The van der Waals surface area contributed by atoms with Crippen molar-refractivity contribution >= 4 is 22.5 Å². The van der Waals surface area contributed by atoms with Gasteiger partial charge < -0.3 is 29.7 Å². The molecule has 0 radical (unpaired) electrons. The van der Waals surface area contributed by atoms with Crippen LogP contribution in [-0.4, -0.2) is 49.9 Å². The number of ether oxygens (including phenoxy) is 1. The average Bonchev–Trinajstić information content (AvgIpc) is 2.82. The van der Waals surface area contributed by atoms with Crippen LogP contribution in [0.25, 0.3) is 10.9 Å². The SMILES string of the molecule is Cn1cc(Cl)c2cc(CO)c(C3CC(O)[C@H](O)C(CO)O3)cc21. The number of aryl methyl sites for hydroxylation is 1. The lowest BCUT2D eigenvalue weighted by molar-refractivity contribution is -0.181. The molecule has 2 heterocycles. The van der Waals surface area contributed by atoms with Crippen LogP contribution < -0.4 is 0 Å². The van der Waals surface area contributed by atoms with Gasteiger partial charge in [-0.15, -0.1) is 0 Å². The summed E-state index contributed by atoms with van der Waals surface area (Å²) in [7, 11) is 1.87. The van der Waals surface area contributed by atoms with E-state index in [1.807, 2.05) is 23.7 Å². The van der Waals surface area contributed by atoms with Crippen molar-refractivity contribution in [1.82, 2.24) is 4.57 Å². The largest absolute Gasteiger partial charge is 0.394 e. The van der Waals surface area contributed by atoms with Gasteiger partial charge in [0.05, 0.1) is 30.4 Å². The zero-order chi connectivity index (χ0) is 16.7. The van der Waals surface area contributed by atoms with Crippen molar-refractivity contribution in [2.24, 2.45) is 7.05 Å². The third-order valence-electron chi connectivity index (χ3n) is 4.47. The number of halogens is 1. The summed E-state index contributed by atoms with van der Waals surface area (Å²) in [6.45, 7) is -0.583. The van der Waals surface area contributed by atoms with Crippen LogP contribution in [0.1, 0.15) is 23.7 Å². The Kier molecular flexibility index (Phi) is 4.64. The normalized spacial score (nSPS) is 28.4. The average molecular weight is 342 g/mol. The molecule has 4 atom stereocenters. The van der Waals surface area contributed by atoms with E-state index in [-0.39, 0.29) is 19.6 Å². The number of aliphatic hydroxyl groups is 4. The van der Waals surface area contributed by atoms with Crippen LogP contribution in [0, 0.1) is 0 Å². The maximum Gasteiger partial charge on any atom is 0.110 e. The molecule has 1 aromatic carbocycles. The fraction of sp³-hybridized carbons (Fsp3) is 0.500. The molecule has 0 spiro atoms. The number of nitrogens with zero attached hydrogens (tertiary/aromatic N) is 1. The molecule has 23 heavy (non-hydrogen) atoms. The Balaban J connectivity index is 2.06. The summed E-state index contributed by atoms with van der Waals surface area (Å²) >= 11 is 6.19. The van der Waals surface area contributed by atoms with Crippen molar-refractivity contribution in [2.45, 2.75) is 37.4 Å². The van der Waals surface area contributed by atoms with Gasteiger partial charge in [0.25, 0.3) is 0 Å². The molecule has 6 nitrogen and oxygen atoms in total. The fourth-order valence-electron chi connectivity index (χ4n) is 3.18. The van der Waals surface area contributed by atoms with Gasteiger partial charge in [-0.2, -0.15) is 0 Å². The molecular weight excluding hydrogens is 322 g/mol. The Hall–Kier alpha value is -1.15. The molecule has 1 aliphatic heterocycles. The van der Waals surface area contributed by atoms with Crippen LogP contribution in [-0.2, 0) is 18.4 Å². The standard InChI is InChI=1S/C16H20ClNO5/c1-18-5-11(17)10-2-8(6-19)9(3-12(10)18)14-4-13(21)16(22)15(7-20)23-14/h2-3,5,13-16,19-22H,4,6-7H2,1H3/t13?,14?,15?,16-/m0/s1. The molecular formula is C16H20ClNO5. The summed E-state index contributed by atoms with van der Waals surface area (Å²) in [4.78, 5) is 0. The molecule has 1 saturated heterocycles. The van der Waals surface area contributed by atoms with Crippen molar-refractivity contribution in [2.75, 3.05) is 6.61 Å². The van der Waals surface area contributed by atoms with Gasteiger partial charge in [0, 0.05) is 30.6 Å². The highest BCUT2D eigenvalue weighted by Crippen LogP contribution is 2.37. The van der Waals surface area contributed by atoms with Crippen LogP contribution in [0.15, 0.2) is 18.3 Å². The summed E-state index contributed by atoms with van der Waals surface area (Å²) in [6, 6.07) is 3.68. The Morgan fingerprint density at radius 2 is 2.04 bits per heavy atom. The molecule has 1 aliphatic rings. The van der Waals surface area contributed by atoms with Crippen LogP contribution in [0.5, 0.6) is 0 Å². The molecule has 2 aromatic rings. The smallest absolute Gasteiger partial charge is 0.110 e.